The molecule has 0 fully saturated rings. The van der Waals surface area contributed by atoms with Crippen LogP contribution in [-0.4, -0.2) is 10.8 Å². The molecule has 0 amide bonds. The fraction of sp³-hybridized carbons (Fsp3) is 0. The molecule has 1 N–H and O–H groups in total. The Morgan fingerprint density at radius 1 is 1.18 bits per heavy atom. The number of hydrogen-bond acceptors (Lipinski definition) is 3. The van der Waals surface area contributed by atoms with Crippen molar-refractivity contribution >= 4 is 11.3 Å². The van der Waals surface area contributed by atoms with Gasteiger partial charge in [0.2, 0.25) is 5.88 Å². The van der Waals surface area contributed by atoms with Crippen LogP contribution in [0.1, 0.15) is 22.3 Å². The third-order valence-electron chi connectivity index (χ3n) is 3.36. The van der Waals surface area contributed by atoms with Gasteiger partial charge in [-0.25, -0.2) is 4.39 Å². The van der Waals surface area contributed by atoms with Crippen molar-refractivity contribution in [2.24, 2.45) is 5.10 Å². The molecule has 2 radical (unpaired) electrons. The number of benzene rings is 2. The van der Waals surface area contributed by atoms with Gasteiger partial charge in [0.15, 0.2) is 0 Å². The van der Waals surface area contributed by atoms with E-state index >= 15 is 0 Å². The van der Waals surface area contributed by atoms with Gasteiger partial charge in [-0.15, -0.1) is 10.5 Å². The van der Waals surface area contributed by atoms with Crippen LogP contribution in [-0.2, 0) is 0 Å². The molecule has 2 aromatic carbocycles. The van der Waals surface area contributed by atoms with Gasteiger partial charge in [-0.2, -0.15) is 5.26 Å². The summed E-state index contributed by atoms with van der Waals surface area (Å²) in [6.07, 6.45) is 0. The maximum Gasteiger partial charge on any atom is 0.241 e. The molecule has 0 saturated carbocycles. The van der Waals surface area contributed by atoms with Gasteiger partial charge in [0, 0.05) is 5.56 Å². The zero-order chi connectivity index (χ0) is 15.7. The molecule has 5 heteroatoms. The maximum atomic E-state index is 13.8. The van der Waals surface area contributed by atoms with Crippen molar-refractivity contribution in [2.45, 2.75) is 0 Å². The Balaban J connectivity index is 2.12. The lowest BCUT2D eigenvalue weighted by atomic mass is 9.93. The van der Waals surface area contributed by atoms with Crippen LogP contribution in [0, 0.1) is 24.1 Å². The molecule has 0 unspecified atom stereocenters. The van der Waals surface area contributed by atoms with Crippen LogP contribution in [0.5, 0.6) is 0 Å². The Kier molecular flexibility index (Phi) is 3.36. The molecule has 2 aromatic rings. The fourth-order valence-corrected chi connectivity index (χ4v) is 2.27. The van der Waals surface area contributed by atoms with Gasteiger partial charge in [-0.1, -0.05) is 30.3 Å². The van der Waals surface area contributed by atoms with Gasteiger partial charge in [-0.3, -0.25) is 0 Å². The highest BCUT2D eigenvalue weighted by Gasteiger charge is 2.25. The van der Waals surface area contributed by atoms with Crippen LogP contribution in [0.2, 0.25) is 0 Å². The van der Waals surface area contributed by atoms with Crippen molar-refractivity contribution < 1.29 is 9.50 Å². The average molecular weight is 291 g/mol. The molecule has 0 aromatic heterocycles. The molecular formula is C17H10FN3O. The molecule has 106 valence electrons. The monoisotopic (exact) mass is 291 g/mol. The highest BCUT2D eigenvalue weighted by molar-refractivity contribution is 6.33. The lowest BCUT2D eigenvalue weighted by Gasteiger charge is -2.09. The van der Waals surface area contributed by atoms with Crippen LogP contribution in [0.3, 0.4) is 0 Å². The van der Waals surface area contributed by atoms with Crippen molar-refractivity contribution in [1.29, 1.82) is 5.26 Å². The Morgan fingerprint density at radius 3 is 2.64 bits per heavy atom. The molecule has 1 aliphatic rings. The summed E-state index contributed by atoms with van der Waals surface area (Å²) in [4.78, 5) is 0. The predicted octanol–water partition coefficient (Wildman–Crippen LogP) is 3.13. The Morgan fingerprint density at radius 2 is 1.95 bits per heavy atom. The van der Waals surface area contributed by atoms with Gasteiger partial charge in [0.1, 0.15) is 17.6 Å². The van der Waals surface area contributed by atoms with Gasteiger partial charge < -0.3 is 5.11 Å². The first-order chi connectivity index (χ1) is 10.6. The standard InChI is InChI=1S/C17H10FN3O/c1-10-4-2-3-5-13(10)16-15(17(22)21-20-16)11-6-7-12(9-19)14(18)8-11/h2-8,22H,1H2. The van der Waals surface area contributed by atoms with Crippen LogP contribution >= 0.6 is 0 Å². The normalized spacial score (nSPS) is 13.6. The second-order valence-corrected chi connectivity index (χ2v) is 4.71. The summed E-state index contributed by atoms with van der Waals surface area (Å²) < 4.78 is 13.8. The van der Waals surface area contributed by atoms with Crippen LogP contribution in [0.4, 0.5) is 4.39 Å². The lowest BCUT2D eigenvalue weighted by molar-refractivity contribution is 0.373. The van der Waals surface area contributed by atoms with E-state index in [1.807, 2.05) is 18.2 Å². The zero-order valence-electron chi connectivity index (χ0n) is 11.4. The summed E-state index contributed by atoms with van der Waals surface area (Å²) in [7, 11) is 0. The number of aliphatic hydroxyl groups is 1. The number of hydrogen-bond donors (Lipinski definition) is 1. The number of aliphatic hydroxyl groups excluding tert-OH is 1. The second-order valence-electron chi connectivity index (χ2n) is 4.71. The molecule has 0 bridgehead atoms. The molecule has 1 heterocycles. The molecule has 1 aliphatic heterocycles. The van der Waals surface area contributed by atoms with E-state index in [-0.39, 0.29) is 11.4 Å². The largest absolute Gasteiger partial charge is 0.492 e. The van der Waals surface area contributed by atoms with Gasteiger partial charge in [-0.05, 0) is 30.2 Å². The summed E-state index contributed by atoms with van der Waals surface area (Å²) in [5.74, 6) is -0.947. The quantitative estimate of drug-likeness (QED) is 0.923. The fourth-order valence-electron chi connectivity index (χ4n) is 2.27. The molecule has 4 nitrogen and oxygen atoms in total. The summed E-state index contributed by atoms with van der Waals surface area (Å²) in [6, 6.07) is 13.1. The highest BCUT2D eigenvalue weighted by Crippen LogP contribution is 2.29. The lowest BCUT2D eigenvalue weighted by Crippen LogP contribution is -2.05. The van der Waals surface area contributed by atoms with Gasteiger partial charge in [0.05, 0.1) is 11.1 Å². The van der Waals surface area contributed by atoms with Crippen molar-refractivity contribution in [3.8, 4) is 6.07 Å². The van der Waals surface area contributed by atoms with E-state index in [4.69, 9.17) is 5.26 Å². The van der Waals surface area contributed by atoms with Crippen LogP contribution < -0.4 is 5.43 Å². The second kappa shape index (κ2) is 5.34. The number of allylic oxidation sites excluding steroid dienone is 1. The van der Waals surface area contributed by atoms with Crippen LogP contribution in [0.15, 0.2) is 53.4 Å². The SMILES string of the molecule is [CH2]c1ccccc1C1=N[N]C(O)=C1c1ccc(C#N)c(F)c1. The first-order valence-corrected chi connectivity index (χ1v) is 6.45. The smallest absolute Gasteiger partial charge is 0.241 e. The highest BCUT2D eigenvalue weighted by atomic mass is 19.1. The Bertz CT molecular complexity index is 862. The topological polar surface area (TPSA) is 70.5 Å². The van der Waals surface area contributed by atoms with E-state index in [0.29, 0.717) is 22.4 Å². The van der Waals surface area contributed by atoms with E-state index in [1.165, 1.54) is 12.1 Å². The Labute approximate surface area is 126 Å². The zero-order valence-corrected chi connectivity index (χ0v) is 11.4. The minimum atomic E-state index is -0.658. The summed E-state index contributed by atoms with van der Waals surface area (Å²) in [5, 5.41) is 22.7. The van der Waals surface area contributed by atoms with E-state index in [9.17, 15) is 9.50 Å². The van der Waals surface area contributed by atoms with E-state index < -0.39 is 5.82 Å². The number of nitriles is 1. The predicted molar refractivity (Wildman–Crippen MR) is 80.2 cm³/mol. The molecular weight excluding hydrogens is 281 g/mol. The van der Waals surface area contributed by atoms with E-state index in [1.54, 1.807) is 18.2 Å². The van der Waals surface area contributed by atoms with Crippen molar-refractivity contribution in [3.63, 3.8) is 0 Å². The van der Waals surface area contributed by atoms with Crippen LogP contribution in [0.25, 0.3) is 5.57 Å². The van der Waals surface area contributed by atoms with Crippen molar-refractivity contribution in [1.82, 2.24) is 5.43 Å². The molecule has 3 rings (SSSR count). The summed E-state index contributed by atoms with van der Waals surface area (Å²) in [5.41, 5.74) is 6.18. The first-order valence-electron chi connectivity index (χ1n) is 6.45. The molecule has 0 atom stereocenters. The van der Waals surface area contributed by atoms with Gasteiger partial charge >= 0.3 is 0 Å². The number of nitrogens with zero attached hydrogens (tertiary/aromatic N) is 3. The van der Waals surface area contributed by atoms with Crippen molar-refractivity contribution in [2.75, 3.05) is 0 Å². The molecule has 0 saturated heterocycles. The van der Waals surface area contributed by atoms with Crippen molar-refractivity contribution in [3.05, 3.63) is 83.3 Å². The Hall–Kier alpha value is -3.13. The van der Waals surface area contributed by atoms with E-state index in [2.05, 4.69) is 17.5 Å². The number of rotatable bonds is 2. The summed E-state index contributed by atoms with van der Waals surface area (Å²) in [6.45, 7) is 3.92. The first kappa shape index (κ1) is 13.8. The average Bonchev–Trinajstić information content (AvgIpc) is 2.89. The summed E-state index contributed by atoms with van der Waals surface area (Å²) >= 11 is 0. The molecule has 0 spiro atoms. The minimum absolute atomic E-state index is 0.0603. The third kappa shape index (κ3) is 2.21. The molecule has 0 aliphatic carbocycles. The minimum Gasteiger partial charge on any atom is -0.492 e. The maximum absolute atomic E-state index is 13.8. The van der Waals surface area contributed by atoms with E-state index in [0.717, 1.165) is 5.56 Å². The molecule has 22 heavy (non-hydrogen) atoms. The third-order valence-corrected chi connectivity index (χ3v) is 3.36. The van der Waals surface area contributed by atoms with Gasteiger partial charge in [0.25, 0.3) is 0 Å². The number of halogens is 1.